The van der Waals surface area contributed by atoms with Crippen LogP contribution in [-0.4, -0.2) is 44.4 Å². The first-order valence-corrected chi connectivity index (χ1v) is 11.1. The molecular weight excluding hydrogens is 380 g/mol. The van der Waals surface area contributed by atoms with Gasteiger partial charge in [0.2, 0.25) is 5.91 Å². The number of thioether (sulfide) groups is 1. The molecule has 3 rings (SSSR count). The van der Waals surface area contributed by atoms with Gasteiger partial charge in [-0.05, 0) is 44.9 Å². The lowest BCUT2D eigenvalue weighted by Crippen LogP contribution is -2.30. The molecule has 0 aliphatic carbocycles. The molecule has 6 heteroatoms. The van der Waals surface area contributed by atoms with Crippen LogP contribution in [0.3, 0.4) is 0 Å². The van der Waals surface area contributed by atoms with Crippen molar-refractivity contribution in [2.75, 3.05) is 18.8 Å². The monoisotopic (exact) mass is 408 g/mol. The fourth-order valence-corrected chi connectivity index (χ4v) is 4.15. The zero-order valence-corrected chi connectivity index (χ0v) is 18.2. The standard InChI is InChI=1S/C23H28N4OS/c1-4-26(5-2)21(28)15-10-16-29-23-25-24-22(19-12-7-6-8-13-19)27(23)20-14-9-11-18(3)17-20/h6-9,11-14,17H,4-5,10,15-16H2,1-3H3. The van der Waals surface area contributed by atoms with Crippen LogP contribution in [0.5, 0.6) is 0 Å². The summed E-state index contributed by atoms with van der Waals surface area (Å²) < 4.78 is 2.11. The van der Waals surface area contributed by atoms with Crippen LogP contribution in [0.15, 0.2) is 59.8 Å². The van der Waals surface area contributed by atoms with Crippen LogP contribution in [0.4, 0.5) is 0 Å². The van der Waals surface area contributed by atoms with Gasteiger partial charge in [-0.3, -0.25) is 9.36 Å². The first-order valence-electron chi connectivity index (χ1n) is 10.1. The minimum absolute atomic E-state index is 0.223. The molecule has 3 aromatic rings. The highest BCUT2D eigenvalue weighted by molar-refractivity contribution is 7.99. The minimum atomic E-state index is 0.223. The van der Waals surface area contributed by atoms with Gasteiger partial charge in [0.05, 0.1) is 0 Å². The topological polar surface area (TPSA) is 51.0 Å². The van der Waals surface area contributed by atoms with Gasteiger partial charge in [-0.25, -0.2) is 0 Å². The van der Waals surface area contributed by atoms with Gasteiger partial charge in [-0.15, -0.1) is 10.2 Å². The van der Waals surface area contributed by atoms with E-state index in [2.05, 4.69) is 46.0 Å². The molecule has 0 atom stereocenters. The highest BCUT2D eigenvalue weighted by atomic mass is 32.2. The van der Waals surface area contributed by atoms with Gasteiger partial charge in [-0.1, -0.05) is 54.2 Å². The van der Waals surface area contributed by atoms with Gasteiger partial charge in [-0.2, -0.15) is 0 Å². The largest absolute Gasteiger partial charge is 0.343 e. The Hall–Kier alpha value is -2.60. The third-order valence-electron chi connectivity index (χ3n) is 4.81. The molecule has 1 heterocycles. The number of hydrogen-bond donors (Lipinski definition) is 0. The van der Waals surface area contributed by atoms with Gasteiger partial charge in [0.25, 0.3) is 0 Å². The average Bonchev–Trinajstić information content (AvgIpc) is 3.16. The number of rotatable bonds is 9. The molecule has 29 heavy (non-hydrogen) atoms. The smallest absolute Gasteiger partial charge is 0.222 e. The molecule has 0 N–H and O–H groups in total. The summed E-state index contributed by atoms with van der Waals surface area (Å²) in [5.41, 5.74) is 3.27. The molecule has 0 unspecified atom stereocenters. The molecule has 0 radical (unpaired) electrons. The lowest BCUT2D eigenvalue weighted by molar-refractivity contribution is -0.130. The number of aromatic nitrogens is 3. The van der Waals surface area contributed by atoms with Crippen molar-refractivity contribution in [2.24, 2.45) is 0 Å². The highest BCUT2D eigenvalue weighted by Crippen LogP contribution is 2.28. The number of amides is 1. The number of hydrogen-bond acceptors (Lipinski definition) is 4. The molecule has 0 fully saturated rings. The number of benzene rings is 2. The van der Waals surface area contributed by atoms with Crippen LogP contribution in [0.25, 0.3) is 17.1 Å². The Kier molecular flexibility index (Phi) is 7.47. The first kappa shape index (κ1) is 21.1. The van der Waals surface area contributed by atoms with E-state index in [1.165, 1.54) is 5.56 Å². The Morgan fingerprint density at radius 2 is 1.79 bits per heavy atom. The maximum absolute atomic E-state index is 12.2. The molecule has 5 nitrogen and oxygen atoms in total. The van der Waals surface area contributed by atoms with E-state index in [0.29, 0.717) is 6.42 Å². The van der Waals surface area contributed by atoms with E-state index in [0.717, 1.165) is 47.5 Å². The van der Waals surface area contributed by atoms with E-state index in [4.69, 9.17) is 0 Å². The third-order valence-corrected chi connectivity index (χ3v) is 5.82. The van der Waals surface area contributed by atoms with Crippen LogP contribution < -0.4 is 0 Å². The van der Waals surface area contributed by atoms with E-state index >= 15 is 0 Å². The Morgan fingerprint density at radius 1 is 1.03 bits per heavy atom. The molecule has 152 valence electrons. The fourth-order valence-electron chi connectivity index (χ4n) is 3.26. The maximum atomic E-state index is 12.2. The zero-order chi connectivity index (χ0) is 20.6. The number of carbonyl (C=O) groups excluding carboxylic acids is 1. The van der Waals surface area contributed by atoms with Crippen LogP contribution in [0.1, 0.15) is 32.3 Å². The van der Waals surface area contributed by atoms with Gasteiger partial charge in [0.1, 0.15) is 0 Å². The second-order valence-corrected chi connectivity index (χ2v) is 7.93. The van der Waals surface area contributed by atoms with Crippen molar-refractivity contribution < 1.29 is 4.79 Å². The number of carbonyl (C=O) groups is 1. The van der Waals surface area contributed by atoms with E-state index in [9.17, 15) is 4.79 Å². The summed E-state index contributed by atoms with van der Waals surface area (Å²) in [6.45, 7) is 7.66. The molecular formula is C23H28N4OS. The Balaban J connectivity index is 1.79. The van der Waals surface area contributed by atoms with E-state index in [1.807, 2.05) is 49.1 Å². The second kappa shape index (κ2) is 10.3. The minimum Gasteiger partial charge on any atom is -0.343 e. The molecule has 1 amide bonds. The van der Waals surface area contributed by atoms with Crippen molar-refractivity contribution in [1.82, 2.24) is 19.7 Å². The lowest BCUT2D eigenvalue weighted by Gasteiger charge is -2.18. The summed E-state index contributed by atoms with van der Waals surface area (Å²) in [6.07, 6.45) is 1.39. The molecule has 0 saturated carbocycles. The van der Waals surface area contributed by atoms with Gasteiger partial charge in [0, 0.05) is 36.5 Å². The van der Waals surface area contributed by atoms with Crippen LogP contribution in [0.2, 0.25) is 0 Å². The second-order valence-electron chi connectivity index (χ2n) is 6.86. The predicted molar refractivity (Wildman–Crippen MR) is 119 cm³/mol. The van der Waals surface area contributed by atoms with Crippen molar-refractivity contribution in [3.63, 3.8) is 0 Å². The van der Waals surface area contributed by atoms with E-state index < -0.39 is 0 Å². The van der Waals surface area contributed by atoms with Gasteiger partial charge >= 0.3 is 0 Å². The van der Waals surface area contributed by atoms with Crippen molar-refractivity contribution in [1.29, 1.82) is 0 Å². The van der Waals surface area contributed by atoms with Crippen molar-refractivity contribution in [2.45, 2.75) is 38.8 Å². The quantitative estimate of drug-likeness (QED) is 0.370. The summed E-state index contributed by atoms with van der Waals surface area (Å²) in [4.78, 5) is 14.1. The summed E-state index contributed by atoms with van der Waals surface area (Å²) in [7, 11) is 0. The fraction of sp³-hybridized carbons (Fsp3) is 0.348. The van der Waals surface area contributed by atoms with Gasteiger partial charge in [0.15, 0.2) is 11.0 Å². The average molecular weight is 409 g/mol. The maximum Gasteiger partial charge on any atom is 0.222 e. The normalized spacial score (nSPS) is 10.9. The molecule has 2 aromatic carbocycles. The molecule has 0 bridgehead atoms. The Bertz CT molecular complexity index is 935. The van der Waals surface area contributed by atoms with Gasteiger partial charge < -0.3 is 4.90 Å². The molecule has 0 spiro atoms. The molecule has 0 saturated heterocycles. The highest BCUT2D eigenvalue weighted by Gasteiger charge is 2.16. The predicted octanol–water partition coefficient (Wildman–Crippen LogP) is 4.98. The summed E-state index contributed by atoms with van der Waals surface area (Å²) >= 11 is 1.65. The first-order chi connectivity index (χ1) is 14.1. The summed E-state index contributed by atoms with van der Waals surface area (Å²) in [5.74, 6) is 1.88. The van der Waals surface area contributed by atoms with Crippen LogP contribution >= 0.6 is 11.8 Å². The van der Waals surface area contributed by atoms with Crippen molar-refractivity contribution in [3.05, 3.63) is 60.2 Å². The Labute approximate surface area is 177 Å². The lowest BCUT2D eigenvalue weighted by atomic mass is 10.2. The van der Waals surface area contributed by atoms with Crippen LogP contribution in [0, 0.1) is 6.92 Å². The number of aryl methyl sites for hydroxylation is 1. The van der Waals surface area contributed by atoms with E-state index in [1.54, 1.807) is 11.8 Å². The zero-order valence-electron chi connectivity index (χ0n) is 17.3. The molecule has 0 aliphatic rings. The van der Waals surface area contributed by atoms with Crippen molar-refractivity contribution in [3.8, 4) is 17.1 Å². The van der Waals surface area contributed by atoms with E-state index in [-0.39, 0.29) is 5.91 Å². The van der Waals surface area contributed by atoms with Crippen molar-refractivity contribution >= 4 is 17.7 Å². The Morgan fingerprint density at radius 3 is 2.48 bits per heavy atom. The third kappa shape index (κ3) is 5.26. The SMILES string of the molecule is CCN(CC)C(=O)CCCSc1nnc(-c2ccccc2)n1-c1cccc(C)c1. The van der Waals surface area contributed by atoms with Crippen LogP contribution in [-0.2, 0) is 4.79 Å². The summed E-state index contributed by atoms with van der Waals surface area (Å²) in [5, 5.41) is 9.79. The molecule has 1 aromatic heterocycles. The molecule has 0 aliphatic heterocycles. The number of nitrogens with zero attached hydrogens (tertiary/aromatic N) is 4. The summed E-state index contributed by atoms with van der Waals surface area (Å²) in [6, 6.07) is 18.5.